The third kappa shape index (κ3) is 5.46. The van der Waals surface area contributed by atoms with Crippen LogP contribution >= 0.6 is 11.3 Å². The molecule has 0 bridgehead atoms. The van der Waals surface area contributed by atoms with Crippen molar-refractivity contribution in [2.45, 2.75) is 43.8 Å². The minimum Gasteiger partial charge on any atom is -0.772 e. The fourth-order valence-electron chi connectivity index (χ4n) is 3.58. The van der Waals surface area contributed by atoms with Crippen molar-refractivity contribution in [3.05, 3.63) is 46.5 Å². The molecule has 1 fully saturated rings. The minimum atomic E-state index is -2.16. The number of nitrogens with zero attached hydrogens (tertiary/aromatic N) is 1. The second-order valence-electron chi connectivity index (χ2n) is 6.96. The summed E-state index contributed by atoms with van der Waals surface area (Å²) in [6, 6.07) is 7.05. The molecule has 1 aromatic heterocycles. The number of hydrogen-bond acceptors (Lipinski definition) is 6. The van der Waals surface area contributed by atoms with Crippen molar-refractivity contribution in [2.75, 3.05) is 5.32 Å². The van der Waals surface area contributed by atoms with E-state index < -0.39 is 23.0 Å². The van der Waals surface area contributed by atoms with E-state index in [1.165, 1.54) is 18.2 Å². The Labute approximate surface area is 169 Å². The molecule has 2 unspecified atom stereocenters. The van der Waals surface area contributed by atoms with Gasteiger partial charge in [0.2, 0.25) is 5.91 Å². The van der Waals surface area contributed by atoms with Gasteiger partial charge in [0.15, 0.2) is 10.8 Å². The van der Waals surface area contributed by atoms with Crippen molar-refractivity contribution >= 4 is 39.4 Å². The van der Waals surface area contributed by atoms with Gasteiger partial charge in [-0.3, -0.25) is 9.00 Å². The Bertz CT molecular complexity index is 859. The van der Waals surface area contributed by atoms with Crippen LogP contribution in [-0.4, -0.2) is 30.7 Å². The molecule has 2 N–H and O–H groups in total. The first-order chi connectivity index (χ1) is 13.4. The quantitative estimate of drug-likeness (QED) is 0.629. The van der Waals surface area contributed by atoms with Crippen LogP contribution in [0.1, 0.15) is 59.6 Å². The van der Waals surface area contributed by atoms with Crippen molar-refractivity contribution in [1.29, 1.82) is 0 Å². The molecular formula is C19H21N2O5S2-. The highest BCUT2D eigenvalue weighted by Crippen LogP contribution is 2.35. The van der Waals surface area contributed by atoms with Crippen LogP contribution in [0.25, 0.3) is 0 Å². The van der Waals surface area contributed by atoms with Crippen LogP contribution < -0.4 is 5.32 Å². The zero-order chi connectivity index (χ0) is 20.1. The molecule has 2 atom stereocenters. The van der Waals surface area contributed by atoms with E-state index in [2.05, 4.69) is 10.3 Å². The molecule has 2 aromatic rings. The molecule has 0 saturated heterocycles. The fourth-order valence-corrected chi connectivity index (χ4v) is 4.73. The van der Waals surface area contributed by atoms with Gasteiger partial charge >= 0.3 is 5.97 Å². The number of carbonyl (C=O) groups excluding carboxylic acids is 1. The number of anilines is 1. The number of amides is 1. The molecule has 150 valence electrons. The first-order valence-electron chi connectivity index (χ1n) is 9.06. The summed E-state index contributed by atoms with van der Waals surface area (Å²) in [5.41, 5.74) is 1.39. The van der Waals surface area contributed by atoms with Gasteiger partial charge in [0.05, 0.1) is 5.92 Å². The molecule has 28 heavy (non-hydrogen) atoms. The summed E-state index contributed by atoms with van der Waals surface area (Å²) in [4.78, 5) is 27.9. The summed E-state index contributed by atoms with van der Waals surface area (Å²) in [5.74, 6) is -1.34. The van der Waals surface area contributed by atoms with Crippen LogP contribution in [0.15, 0.2) is 29.6 Å². The topological polar surface area (TPSA) is 119 Å². The zero-order valence-corrected chi connectivity index (χ0v) is 16.8. The lowest BCUT2D eigenvalue weighted by Crippen LogP contribution is -2.23. The van der Waals surface area contributed by atoms with Crippen LogP contribution in [0.3, 0.4) is 0 Å². The second kappa shape index (κ2) is 9.40. The maximum atomic E-state index is 13.0. The van der Waals surface area contributed by atoms with Gasteiger partial charge in [0.1, 0.15) is 0 Å². The van der Waals surface area contributed by atoms with Gasteiger partial charge in [-0.1, -0.05) is 61.0 Å². The molecular weight excluding hydrogens is 400 g/mol. The second-order valence-corrected chi connectivity index (χ2v) is 8.72. The number of thiazole rings is 1. The van der Waals surface area contributed by atoms with Gasteiger partial charge in [-0.25, -0.2) is 9.78 Å². The Hall–Kier alpha value is -2.10. The molecule has 1 aliphatic carbocycles. The molecule has 1 saturated carbocycles. The van der Waals surface area contributed by atoms with Crippen molar-refractivity contribution in [3.63, 3.8) is 0 Å². The van der Waals surface area contributed by atoms with Gasteiger partial charge in [-0.05, 0) is 23.5 Å². The van der Waals surface area contributed by atoms with E-state index in [9.17, 15) is 18.4 Å². The maximum absolute atomic E-state index is 13.0. The smallest absolute Gasteiger partial charge is 0.355 e. The number of aromatic nitrogens is 1. The number of benzene rings is 1. The van der Waals surface area contributed by atoms with Gasteiger partial charge in [-0.15, -0.1) is 11.3 Å². The summed E-state index contributed by atoms with van der Waals surface area (Å²) >= 11 is -1.08. The number of carboxylic acids is 1. The molecule has 9 heteroatoms. The lowest BCUT2D eigenvalue weighted by atomic mass is 9.87. The maximum Gasteiger partial charge on any atom is 0.355 e. The predicted octanol–water partition coefficient (Wildman–Crippen LogP) is 3.52. The van der Waals surface area contributed by atoms with Gasteiger partial charge in [0, 0.05) is 11.1 Å². The summed E-state index contributed by atoms with van der Waals surface area (Å²) in [6.07, 6.45) is 5.23. The van der Waals surface area contributed by atoms with Gasteiger partial charge in [0.25, 0.3) is 0 Å². The molecule has 0 spiro atoms. The molecule has 1 heterocycles. The molecule has 1 amide bonds. The number of rotatable bonds is 8. The predicted molar refractivity (Wildman–Crippen MR) is 106 cm³/mol. The summed E-state index contributed by atoms with van der Waals surface area (Å²) in [5, 5.41) is 13.4. The van der Waals surface area contributed by atoms with Crippen LogP contribution in [0.5, 0.6) is 0 Å². The number of aromatic carboxylic acids is 1. The average molecular weight is 422 g/mol. The van der Waals surface area contributed by atoms with E-state index in [0.29, 0.717) is 17.9 Å². The minimum absolute atomic E-state index is 0.0587. The van der Waals surface area contributed by atoms with E-state index in [-0.39, 0.29) is 22.5 Å². The Kier molecular flexibility index (Phi) is 6.93. The summed E-state index contributed by atoms with van der Waals surface area (Å²) in [7, 11) is 0. The Balaban J connectivity index is 1.77. The first-order valence-corrected chi connectivity index (χ1v) is 11.2. The fraction of sp³-hybridized carbons (Fsp3) is 0.421. The van der Waals surface area contributed by atoms with Crippen LogP contribution in [-0.2, 0) is 21.6 Å². The molecule has 1 aromatic carbocycles. The van der Waals surface area contributed by atoms with Crippen molar-refractivity contribution in [3.8, 4) is 0 Å². The summed E-state index contributed by atoms with van der Waals surface area (Å²) < 4.78 is 21.7. The standard InChI is InChI=1S/C19H22N2O5S2/c22-17(21-19-20-16(10-27-19)18(23)24)15(9-12-3-1-2-4-12)14-7-5-13(6-8-14)11-28(25)26/h5-8,10,12,15H,1-4,9,11H2,(H,23,24)(H,25,26)(H,20,21,22)/p-1. The number of carbonyl (C=O) groups is 2. The third-order valence-corrected chi connectivity index (χ3v) is 6.31. The normalized spacial score (nSPS) is 16.6. The van der Waals surface area contributed by atoms with Gasteiger partial charge < -0.3 is 15.0 Å². The number of carboxylic acid groups (broad SMARTS) is 1. The molecule has 0 radical (unpaired) electrons. The Morgan fingerprint density at radius 2 is 1.96 bits per heavy atom. The molecule has 7 nitrogen and oxygen atoms in total. The van der Waals surface area contributed by atoms with Crippen molar-refractivity contribution in [1.82, 2.24) is 4.98 Å². The lowest BCUT2D eigenvalue weighted by molar-refractivity contribution is -0.118. The van der Waals surface area contributed by atoms with E-state index in [1.807, 2.05) is 0 Å². The van der Waals surface area contributed by atoms with Crippen LogP contribution in [0, 0.1) is 5.92 Å². The van der Waals surface area contributed by atoms with E-state index in [0.717, 1.165) is 29.7 Å². The lowest BCUT2D eigenvalue weighted by Gasteiger charge is -2.20. The largest absolute Gasteiger partial charge is 0.772 e. The SMILES string of the molecule is O=C(O)c1csc(NC(=O)C(CC2CCCC2)c2ccc(CS(=O)[O-])cc2)n1. The van der Waals surface area contributed by atoms with E-state index >= 15 is 0 Å². The Morgan fingerprint density at radius 3 is 2.54 bits per heavy atom. The highest BCUT2D eigenvalue weighted by molar-refractivity contribution is 7.78. The highest BCUT2D eigenvalue weighted by atomic mass is 32.2. The third-order valence-electron chi connectivity index (χ3n) is 4.98. The average Bonchev–Trinajstić information content (AvgIpc) is 3.32. The zero-order valence-electron chi connectivity index (χ0n) is 15.1. The number of nitrogens with one attached hydrogen (secondary N) is 1. The first kappa shape index (κ1) is 20.6. The highest BCUT2D eigenvalue weighted by Gasteiger charge is 2.27. The molecule has 1 aliphatic rings. The van der Waals surface area contributed by atoms with Crippen molar-refractivity contribution < 1.29 is 23.5 Å². The van der Waals surface area contributed by atoms with Gasteiger partial charge in [-0.2, -0.15) is 0 Å². The van der Waals surface area contributed by atoms with E-state index in [1.54, 1.807) is 24.3 Å². The summed E-state index contributed by atoms with van der Waals surface area (Å²) in [6.45, 7) is 0. The monoisotopic (exact) mass is 421 g/mol. The van der Waals surface area contributed by atoms with Crippen molar-refractivity contribution in [2.24, 2.45) is 5.92 Å². The number of hydrogen-bond donors (Lipinski definition) is 2. The molecule has 3 rings (SSSR count). The van der Waals surface area contributed by atoms with E-state index in [4.69, 9.17) is 5.11 Å². The Morgan fingerprint density at radius 1 is 1.29 bits per heavy atom. The van der Waals surface area contributed by atoms with Crippen LogP contribution in [0.2, 0.25) is 0 Å². The molecule has 0 aliphatic heterocycles. The van der Waals surface area contributed by atoms with Crippen LogP contribution in [0.4, 0.5) is 5.13 Å².